The Bertz CT molecular complexity index is 513. The van der Waals surface area contributed by atoms with Gasteiger partial charge in [0.05, 0.1) is 11.4 Å². The fraction of sp³-hybridized carbons (Fsp3) is 0.357. The quantitative estimate of drug-likeness (QED) is 0.794. The molecule has 1 heterocycles. The van der Waals surface area contributed by atoms with Crippen LogP contribution in [0.2, 0.25) is 0 Å². The molecule has 18 heavy (non-hydrogen) atoms. The first-order chi connectivity index (χ1) is 8.72. The fourth-order valence-corrected chi connectivity index (χ4v) is 2.72. The highest BCUT2D eigenvalue weighted by Crippen LogP contribution is 2.23. The van der Waals surface area contributed by atoms with Gasteiger partial charge in [-0.15, -0.1) is 0 Å². The Kier molecular flexibility index (Phi) is 4.55. The van der Waals surface area contributed by atoms with Crippen LogP contribution in [0, 0.1) is 0 Å². The summed E-state index contributed by atoms with van der Waals surface area (Å²) >= 11 is 3.61. The first-order valence-electron chi connectivity index (χ1n) is 5.90. The summed E-state index contributed by atoms with van der Waals surface area (Å²) in [5, 5.41) is 2.40. The normalized spacial score (nSPS) is 12.6. The van der Waals surface area contributed by atoms with E-state index in [0.29, 0.717) is 11.4 Å². The summed E-state index contributed by atoms with van der Waals surface area (Å²) in [6, 6.07) is 10.3. The second-order valence-corrected chi connectivity index (χ2v) is 5.58. The Morgan fingerprint density at radius 1 is 1.33 bits per heavy atom. The van der Waals surface area contributed by atoms with E-state index in [0.717, 1.165) is 12.4 Å². The molecule has 0 saturated heterocycles. The van der Waals surface area contributed by atoms with Crippen LogP contribution < -0.4 is 4.90 Å². The van der Waals surface area contributed by atoms with Gasteiger partial charge in [-0.05, 0) is 11.5 Å². The zero-order valence-electron chi connectivity index (χ0n) is 10.6. The maximum atomic E-state index is 5.13. The smallest absolute Gasteiger partial charge is 0.136 e. The van der Waals surface area contributed by atoms with Crippen molar-refractivity contribution < 1.29 is 4.74 Å². The lowest BCUT2D eigenvalue weighted by molar-refractivity contribution is 0.201. The van der Waals surface area contributed by atoms with Crippen molar-refractivity contribution in [1.29, 1.82) is 0 Å². The second-order valence-electron chi connectivity index (χ2n) is 4.29. The molecule has 0 radical (unpaired) electrons. The van der Waals surface area contributed by atoms with Gasteiger partial charge in [-0.1, -0.05) is 40.2 Å². The topological polar surface area (TPSA) is 25.4 Å². The van der Waals surface area contributed by atoms with Crippen LogP contribution in [-0.4, -0.2) is 37.1 Å². The molecule has 0 bridgehead atoms. The minimum absolute atomic E-state index is 0.299. The Balaban J connectivity index is 2.24. The molecule has 0 aliphatic heterocycles. The number of pyridine rings is 1. The van der Waals surface area contributed by atoms with Gasteiger partial charge < -0.3 is 9.64 Å². The number of hydrogen-bond donors (Lipinski definition) is 0. The highest BCUT2D eigenvalue weighted by molar-refractivity contribution is 9.09. The van der Waals surface area contributed by atoms with Crippen molar-refractivity contribution >= 4 is 32.5 Å². The summed E-state index contributed by atoms with van der Waals surface area (Å²) in [6.45, 7) is 1.55. The zero-order chi connectivity index (χ0) is 13.0. The molecule has 0 aliphatic carbocycles. The van der Waals surface area contributed by atoms with E-state index in [-0.39, 0.29) is 0 Å². The molecule has 0 saturated carbocycles. The lowest BCUT2D eigenvalue weighted by Gasteiger charge is -2.22. The largest absolute Gasteiger partial charge is 0.383 e. The number of ether oxygens (including phenoxy) is 1. The van der Waals surface area contributed by atoms with Crippen molar-refractivity contribution in [3.8, 4) is 0 Å². The molecule has 0 fully saturated rings. The molecule has 1 aromatic heterocycles. The first-order valence-corrected chi connectivity index (χ1v) is 6.82. The lowest BCUT2D eigenvalue weighted by Crippen LogP contribution is -2.28. The highest BCUT2D eigenvalue weighted by atomic mass is 79.9. The van der Waals surface area contributed by atoms with Gasteiger partial charge in [-0.25, -0.2) is 4.98 Å². The number of anilines is 1. The fourth-order valence-electron chi connectivity index (χ4n) is 2.03. The number of nitrogens with zero attached hydrogens (tertiary/aromatic N) is 2. The molecule has 0 aliphatic rings. The van der Waals surface area contributed by atoms with Crippen LogP contribution >= 0.6 is 15.9 Å². The third kappa shape index (κ3) is 3.00. The van der Waals surface area contributed by atoms with Crippen LogP contribution in [0.1, 0.15) is 0 Å². The van der Waals surface area contributed by atoms with Crippen molar-refractivity contribution in [2.24, 2.45) is 0 Å². The number of fused-ring (bicyclic) bond motifs is 1. The van der Waals surface area contributed by atoms with E-state index in [1.54, 1.807) is 7.11 Å². The van der Waals surface area contributed by atoms with Gasteiger partial charge in [0.15, 0.2) is 0 Å². The standard InChI is InChI=1S/C14H17BrN2O/c1-17(9-12(15)10-18-2)14-13-6-4-3-5-11(13)7-8-16-14/h3-8,12H,9-10H2,1-2H3. The third-order valence-electron chi connectivity index (χ3n) is 2.83. The van der Waals surface area contributed by atoms with Gasteiger partial charge in [0.2, 0.25) is 0 Å². The summed E-state index contributed by atoms with van der Waals surface area (Å²) in [5.74, 6) is 1.01. The number of aromatic nitrogens is 1. The van der Waals surface area contributed by atoms with E-state index in [1.807, 2.05) is 24.4 Å². The number of rotatable bonds is 5. The Labute approximate surface area is 116 Å². The number of methoxy groups -OCH3 is 1. The van der Waals surface area contributed by atoms with Crippen LogP contribution in [0.25, 0.3) is 10.8 Å². The molecule has 3 nitrogen and oxygen atoms in total. The summed E-state index contributed by atoms with van der Waals surface area (Å²) in [6.07, 6.45) is 1.85. The minimum atomic E-state index is 0.299. The molecule has 1 unspecified atom stereocenters. The summed E-state index contributed by atoms with van der Waals surface area (Å²) < 4.78 is 5.13. The number of hydrogen-bond acceptors (Lipinski definition) is 3. The monoisotopic (exact) mass is 308 g/mol. The van der Waals surface area contributed by atoms with Gasteiger partial charge in [0.1, 0.15) is 5.82 Å². The summed E-state index contributed by atoms with van der Waals surface area (Å²) in [4.78, 5) is 6.94. The maximum absolute atomic E-state index is 5.13. The lowest BCUT2D eigenvalue weighted by atomic mass is 10.1. The van der Waals surface area contributed by atoms with Gasteiger partial charge in [-0.2, -0.15) is 0 Å². The summed E-state index contributed by atoms with van der Waals surface area (Å²) in [5.41, 5.74) is 0. The Hall–Kier alpha value is -1.13. The average Bonchev–Trinajstić information content (AvgIpc) is 2.38. The SMILES string of the molecule is COCC(Br)CN(C)c1nccc2ccccc12. The zero-order valence-corrected chi connectivity index (χ0v) is 12.2. The van der Waals surface area contributed by atoms with Crippen LogP contribution in [-0.2, 0) is 4.74 Å². The third-order valence-corrected chi connectivity index (χ3v) is 3.39. The molecule has 2 aromatic rings. The maximum Gasteiger partial charge on any atom is 0.136 e. The molecule has 0 spiro atoms. The van der Waals surface area contributed by atoms with E-state index in [4.69, 9.17) is 4.74 Å². The van der Waals surface area contributed by atoms with Crippen molar-refractivity contribution in [2.45, 2.75) is 4.83 Å². The molecule has 0 amide bonds. The van der Waals surface area contributed by atoms with E-state index in [2.05, 4.69) is 45.0 Å². The molecule has 4 heteroatoms. The van der Waals surface area contributed by atoms with E-state index in [1.165, 1.54) is 10.8 Å². The van der Waals surface area contributed by atoms with Crippen molar-refractivity contribution in [2.75, 3.05) is 32.2 Å². The predicted molar refractivity (Wildman–Crippen MR) is 79.6 cm³/mol. The molecule has 1 aromatic carbocycles. The molecular weight excluding hydrogens is 292 g/mol. The van der Waals surface area contributed by atoms with Crippen molar-refractivity contribution in [3.05, 3.63) is 36.5 Å². The van der Waals surface area contributed by atoms with E-state index < -0.39 is 0 Å². The van der Waals surface area contributed by atoms with Crippen LogP contribution in [0.5, 0.6) is 0 Å². The van der Waals surface area contributed by atoms with E-state index >= 15 is 0 Å². The Morgan fingerprint density at radius 2 is 2.11 bits per heavy atom. The highest BCUT2D eigenvalue weighted by Gasteiger charge is 2.11. The van der Waals surface area contributed by atoms with Crippen LogP contribution in [0.3, 0.4) is 0 Å². The molecular formula is C14H17BrN2O. The molecule has 1 atom stereocenters. The van der Waals surface area contributed by atoms with Crippen LogP contribution in [0.4, 0.5) is 5.82 Å². The predicted octanol–water partition coefficient (Wildman–Crippen LogP) is 3.08. The molecule has 2 rings (SSSR count). The van der Waals surface area contributed by atoms with Gasteiger partial charge in [0, 0.05) is 32.3 Å². The van der Waals surface area contributed by atoms with E-state index in [9.17, 15) is 0 Å². The number of halogens is 1. The average molecular weight is 309 g/mol. The van der Waals surface area contributed by atoms with Crippen molar-refractivity contribution in [3.63, 3.8) is 0 Å². The number of benzene rings is 1. The van der Waals surface area contributed by atoms with Gasteiger partial charge >= 0.3 is 0 Å². The first kappa shape index (κ1) is 13.3. The summed E-state index contributed by atoms with van der Waals surface area (Å²) in [7, 11) is 3.77. The number of alkyl halides is 1. The minimum Gasteiger partial charge on any atom is -0.383 e. The van der Waals surface area contributed by atoms with Gasteiger partial charge in [0.25, 0.3) is 0 Å². The van der Waals surface area contributed by atoms with Crippen molar-refractivity contribution in [1.82, 2.24) is 4.98 Å². The molecule has 96 valence electrons. The second kappa shape index (κ2) is 6.16. The van der Waals surface area contributed by atoms with Crippen LogP contribution in [0.15, 0.2) is 36.5 Å². The molecule has 0 N–H and O–H groups in total. The van der Waals surface area contributed by atoms with Gasteiger partial charge in [-0.3, -0.25) is 0 Å². The Morgan fingerprint density at radius 3 is 2.89 bits per heavy atom.